The molecule has 5 nitrogen and oxygen atoms in total. The first kappa shape index (κ1) is 18.1. The van der Waals surface area contributed by atoms with Crippen LogP contribution in [0.3, 0.4) is 0 Å². The molecular weight excluding hydrogens is 340 g/mol. The molecule has 2 aromatic rings. The highest BCUT2D eigenvalue weighted by atomic mass is 16.5. The van der Waals surface area contributed by atoms with Crippen molar-refractivity contribution in [1.82, 2.24) is 9.88 Å². The van der Waals surface area contributed by atoms with Crippen LogP contribution < -0.4 is 9.47 Å². The summed E-state index contributed by atoms with van der Waals surface area (Å²) in [5.41, 5.74) is 1.05. The molecule has 4 atom stereocenters. The average molecular weight is 368 g/mol. The molecular formula is C22H28N2O3. The zero-order valence-electron chi connectivity index (χ0n) is 16.0. The van der Waals surface area contributed by atoms with Gasteiger partial charge in [0.1, 0.15) is 17.2 Å². The Kier molecular flexibility index (Phi) is 5.21. The van der Waals surface area contributed by atoms with E-state index in [0.29, 0.717) is 12.0 Å². The van der Waals surface area contributed by atoms with E-state index in [4.69, 9.17) is 9.47 Å². The van der Waals surface area contributed by atoms with E-state index in [0.717, 1.165) is 61.5 Å². The number of nitrogens with zero attached hydrogens (tertiary/aromatic N) is 2. The number of likely N-dealkylation sites (tertiary alicyclic amines) is 1. The first-order chi connectivity index (χ1) is 13.1. The van der Waals surface area contributed by atoms with Crippen LogP contribution in [0.1, 0.15) is 31.4 Å². The molecule has 1 aliphatic heterocycles. The fourth-order valence-electron chi connectivity index (χ4n) is 4.62. The summed E-state index contributed by atoms with van der Waals surface area (Å²) in [6.07, 6.45) is 4.10. The Bertz CT molecular complexity index is 750. The van der Waals surface area contributed by atoms with Gasteiger partial charge >= 0.3 is 0 Å². The molecule has 1 aliphatic carbocycles. The van der Waals surface area contributed by atoms with Gasteiger partial charge in [0.15, 0.2) is 0 Å². The number of benzene rings is 1. The number of aromatic hydroxyl groups is 1. The van der Waals surface area contributed by atoms with Crippen LogP contribution in [0.15, 0.2) is 42.6 Å². The average Bonchev–Trinajstić information content (AvgIpc) is 3.20. The van der Waals surface area contributed by atoms with Crippen molar-refractivity contribution in [1.29, 1.82) is 0 Å². The number of rotatable bonds is 6. The molecule has 1 aromatic heterocycles. The minimum Gasteiger partial charge on any atom is -0.506 e. The number of ether oxygens (including phenoxy) is 2. The van der Waals surface area contributed by atoms with Crippen molar-refractivity contribution in [3.63, 3.8) is 0 Å². The van der Waals surface area contributed by atoms with Crippen LogP contribution in [0.5, 0.6) is 17.2 Å². The Morgan fingerprint density at radius 1 is 1.15 bits per heavy atom. The Morgan fingerprint density at radius 2 is 1.89 bits per heavy atom. The van der Waals surface area contributed by atoms with Crippen molar-refractivity contribution in [3.05, 3.63) is 48.3 Å². The van der Waals surface area contributed by atoms with Crippen LogP contribution in [0.2, 0.25) is 0 Å². The third-order valence-corrected chi connectivity index (χ3v) is 5.94. The molecule has 0 radical (unpaired) electrons. The highest BCUT2D eigenvalue weighted by Crippen LogP contribution is 2.40. The monoisotopic (exact) mass is 368 g/mol. The smallest absolute Gasteiger partial charge is 0.133 e. The van der Waals surface area contributed by atoms with Crippen molar-refractivity contribution in [2.75, 3.05) is 26.7 Å². The van der Waals surface area contributed by atoms with Gasteiger partial charge in [-0.3, -0.25) is 4.98 Å². The molecule has 2 aliphatic rings. The molecule has 144 valence electrons. The Morgan fingerprint density at radius 3 is 2.56 bits per heavy atom. The van der Waals surface area contributed by atoms with Gasteiger partial charge in [-0.05, 0) is 48.9 Å². The summed E-state index contributed by atoms with van der Waals surface area (Å²) in [6, 6.07) is 11.5. The van der Waals surface area contributed by atoms with E-state index in [-0.39, 0.29) is 5.75 Å². The van der Waals surface area contributed by atoms with Crippen molar-refractivity contribution in [3.8, 4) is 17.2 Å². The van der Waals surface area contributed by atoms with Crippen LogP contribution in [0, 0.1) is 11.8 Å². The van der Waals surface area contributed by atoms with Gasteiger partial charge in [-0.15, -0.1) is 0 Å². The van der Waals surface area contributed by atoms with Crippen molar-refractivity contribution < 1.29 is 14.6 Å². The van der Waals surface area contributed by atoms with E-state index in [2.05, 4.69) is 16.8 Å². The molecule has 0 amide bonds. The third kappa shape index (κ3) is 4.19. The highest BCUT2D eigenvalue weighted by molar-refractivity contribution is 5.33. The number of methoxy groups -OCH3 is 1. The quantitative estimate of drug-likeness (QED) is 0.843. The van der Waals surface area contributed by atoms with Gasteiger partial charge in [-0.2, -0.15) is 0 Å². The minimum atomic E-state index is 0.226. The summed E-state index contributed by atoms with van der Waals surface area (Å²) in [5.74, 6) is 3.79. The van der Waals surface area contributed by atoms with E-state index < -0.39 is 0 Å². The molecule has 0 bridgehead atoms. The zero-order valence-corrected chi connectivity index (χ0v) is 16.0. The number of hydrogen-bond donors (Lipinski definition) is 1. The van der Waals surface area contributed by atoms with Crippen molar-refractivity contribution >= 4 is 0 Å². The summed E-state index contributed by atoms with van der Waals surface area (Å²) in [6.45, 7) is 5.52. The Labute approximate surface area is 160 Å². The van der Waals surface area contributed by atoms with E-state index in [9.17, 15) is 5.11 Å². The summed E-state index contributed by atoms with van der Waals surface area (Å²) in [5, 5.41) is 9.40. The fourth-order valence-corrected chi connectivity index (χ4v) is 4.62. The number of hydrogen-bond acceptors (Lipinski definition) is 5. The van der Waals surface area contributed by atoms with E-state index in [1.165, 1.54) is 6.20 Å². The Hall–Kier alpha value is -2.27. The number of aromatic nitrogens is 1. The zero-order chi connectivity index (χ0) is 18.8. The lowest BCUT2D eigenvalue weighted by Gasteiger charge is -2.23. The second-order valence-corrected chi connectivity index (χ2v) is 7.97. The summed E-state index contributed by atoms with van der Waals surface area (Å²) < 4.78 is 11.5. The van der Waals surface area contributed by atoms with Crippen molar-refractivity contribution in [2.45, 2.75) is 31.8 Å². The van der Waals surface area contributed by atoms with Crippen LogP contribution in [-0.2, 0) is 0 Å². The summed E-state index contributed by atoms with van der Waals surface area (Å²) >= 11 is 0. The number of pyridine rings is 1. The van der Waals surface area contributed by atoms with Gasteiger partial charge in [0.25, 0.3) is 0 Å². The molecule has 2 unspecified atom stereocenters. The van der Waals surface area contributed by atoms with E-state index in [1.807, 2.05) is 30.3 Å². The van der Waals surface area contributed by atoms with E-state index >= 15 is 0 Å². The predicted octanol–water partition coefficient (Wildman–Crippen LogP) is 3.69. The minimum absolute atomic E-state index is 0.226. The van der Waals surface area contributed by atoms with Crippen LogP contribution in [0.4, 0.5) is 0 Å². The highest BCUT2D eigenvalue weighted by Gasteiger charge is 2.42. The number of fused-ring (bicyclic) bond motifs is 1. The van der Waals surface area contributed by atoms with Gasteiger partial charge < -0.3 is 19.5 Å². The lowest BCUT2D eigenvalue weighted by Crippen LogP contribution is -2.28. The standard InChI is InChI=1S/C22H28N2O3/c1-15(22-7-6-18(25)11-23-22)12-24-13-16-8-21(9-17(16)14-24)27-20-5-3-4-19(10-20)26-2/h3-7,10-11,15-17,21,25H,8-9,12-14H2,1-2H3/t15?,16-,17+,21?. The van der Waals surface area contributed by atoms with Crippen LogP contribution in [0.25, 0.3) is 0 Å². The first-order valence-corrected chi connectivity index (χ1v) is 9.78. The molecule has 1 aromatic carbocycles. The van der Waals surface area contributed by atoms with Crippen molar-refractivity contribution in [2.24, 2.45) is 11.8 Å². The van der Waals surface area contributed by atoms with Crippen LogP contribution in [-0.4, -0.2) is 47.8 Å². The van der Waals surface area contributed by atoms with Gasteiger partial charge in [0, 0.05) is 37.3 Å². The third-order valence-electron chi connectivity index (χ3n) is 5.94. The second-order valence-electron chi connectivity index (χ2n) is 7.97. The SMILES string of the molecule is COc1cccc(OC2C[C@@H]3CN(CC(C)c4ccc(O)cn4)C[C@@H]3C2)c1. The van der Waals surface area contributed by atoms with E-state index in [1.54, 1.807) is 13.2 Å². The van der Waals surface area contributed by atoms with Gasteiger partial charge in [0.05, 0.1) is 19.4 Å². The molecule has 5 heteroatoms. The summed E-state index contributed by atoms with van der Waals surface area (Å²) in [7, 11) is 1.68. The van der Waals surface area contributed by atoms with Gasteiger partial charge in [-0.25, -0.2) is 0 Å². The van der Waals surface area contributed by atoms with Gasteiger partial charge in [-0.1, -0.05) is 13.0 Å². The van der Waals surface area contributed by atoms with Crippen LogP contribution >= 0.6 is 0 Å². The molecule has 2 heterocycles. The predicted molar refractivity (Wildman–Crippen MR) is 104 cm³/mol. The second kappa shape index (κ2) is 7.77. The lowest BCUT2D eigenvalue weighted by molar-refractivity contribution is 0.183. The topological polar surface area (TPSA) is 54.8 Å². The molecule has 0 spiro atoms. The molecule has 27 heavy (non-hydrogen) atoms. The molecule has 4 rings (SSSR count). The fraction of sp³-hybridized carbons (Fsp3) is 0.500. The maximum Gasteiger partial charge on any atom is 0.133 e. The largest absolute Gasteiger partial charge is 0.506 e. The molecule has 1 saturated carbocycles. The molecule has 1 saturated heterocycles. The molecule has 1 N–H and O–H groups in total. The normalized spacial score (nSPS) is 25.9. The maximum absolute atomic E-state index is 9.40. The Balaban J connectivity index is 1.28. The molecule has 2 fully saturated rings. The maximum atomic E-state index is 9.40. The lowest BCUT2D eigenvalue weighted by atomic mass is 10.0. The first-order valence-electron chi connectivity index (χ1n) is 9.78. The summed E-state index contributed by atoms with van der Waals surface area (Å²) in [4.78, 5) is 6.92. The van der Waals surface area contributed by atoms with Gasteiger partial charge in [0.2, 0.25) is 0 Å².